The Morgan fingerprint density at radius 2 is 2.22 bits per heavy atom. The molecule has 0 aliphatic carbocycles. The number of nitro groups is 1. The second kappa shape index (κ2) is 7.52. The standard InChI is InChI=1S/C12H17IN2O3/c1-9(2)8-18-6-5-14-12-4-3-10(15(16)17)7-11(12)13/h3-4,7,9,14H,5-6,8H2,1-2H3. The van der Waals surface area contributed by atoms with E-state index >= 15 is 0 Å². The van der Waals surface area contributed by atoms with E-state index in [0.717, 1.165) is 15.9 Å². The molecule has 0 spiro atoms. The fourth-order valence-electron chi connectivity index (χ4n) is 1.34. The summed E-state index contributed by atoms with van der Waals surface area (Å²) in [6, 6.07) is 4.78. The molecule has 0 unspecified atom stereocenters. The van der Waals surface area contributed by atoms with E-state index in [4.69, 9.17) is 4.74 Å². The fourth-order valence-corrected chi connectivity index (χ4v) is 2.03. The average Bonchev–Trinajstić information content (AvgIpc) is 2.29. The Hall–Kier alpha value is -0.890. The van der Waals surface area contributed by atoms with Crippen molar-refractivity contribution in [1.82, 2.24) is 0 Å². The van der Waals surface area contributed by atoms with E-state index < -0.39 is 4.92 Å². The summed E-state index contributed by atoms with van der Waals surface area (Å²) in [5.74, 6) is 0.532. The molecule has 0 radical (unpaired) electrons. The molecule has 0 amide bonds. The van der Waals surface area contributed by atoms with Crippen molar-refractivity contribution < 1.29 is 9.66 Å². The van der Waals surface area contributed by atoms with E-state index in [1.54, 1.807) is 12.1 Å². The predicted octanol–water partition coefficient (Wildman–Crippen LogP) is 3.28. The summed E-state index contributed by atoms with van der Waals surface area (Å²) in [7, 11) is 0. The van der Waals surface area contributed by atoms with Crippen LogP contribution >= 0.6 is 22.6 Å². The Morgan fingerprint density at radius 3 is 2.78 bits per heavy atom. The van der Waals surface area contributed by atoms with Crippen LogP contribution in [-0.2, 0) is 4.74 Å². The van der Waals surface area contributed by atoms with Crippen molar-refractivity contribution in [3.05, 3.63) is 31.9 Å². The molecule has 1 N–H and O–H groups in total. The van der Waals surface area contributed by atoms with Crippen LogP contribution in [0.3, 0.4) is 0 Å². The first-order valence-corrected chi connectivity index (χ1v) is 6.84. The highest BCUT2D eigenvalue weighted by molar-refractivity contribution is 14.1. The third-order valence-electron chi connectivity index (χ3n) is 2.18. The number of nitro benzene ring substituents is 1. The van der Waals surface area contributed by atoms with E-state index in [2.05, 4.69) is 41.8 Å². The number of hydrogen-bond donors (Lipinski definition) is 1. The number of benzene rings is 1. The minimum Gasteiger partial charge on any atom is -0.382 e. The van der Waals surface area contributed by atoms with Gasteiger partial charge in [-0.2, -0.15) is 0 Å². The Morgan fingerprint density at radius 1 is 1.50 bits per heavy atom. The van der Waals surface area contributed by atoms with Crippen molar-refractivity contribution >= 4 is 34.0 Å². The van der Waals surface area contributed by atoms with Gasteiger partial charge in [-0.1, -0.05) is 13.8 Å². The highest BCUT2D eigenvalue weighted by Crippen LogP contribution is 2.23. The van der Waals surface area contributed by atoms with E-state index in [1.165, 1.54) is 6.07 Å². The first kappa shape index (κ1) is 15.2. The summed E-state index contributed by atoms with van der Waals surface area (Å²) in [6.45, 7) is 6.28. The maximum atomic E-state index is 10.6. The Kier molecular flexibility index (Phi) is 6.34. The van der Waals surface area contributed by atoms with Crippen molar-refractivity contribution in [3.63, 3.8) is 0 Å². The van der Waals surface area contributed by atoms with Crippen LogP contribution in [0.4, 0.5) is 11.4 Å². The highest BCUT2D eigenvalue weighted by atomic mass is 127. The van der Waals surface area contributed by atoms with Crippen LogP contribution in [0.25, 0.3) is 0 Å². The number of anilines is 1. The molecular weight excluding hydrogens is 347 g/mol. The second-order valence-corrected chi connectivity index (χ2v) is 5.48. The zero-order valence-electron chi connectivity index (χ0n) is 10.5. The first-order chi connectivity index (χ1) is 8.50. The van der Waals surface area contributed by atoms with Gasteiger partial charge in [0, 0.05) is 34.5 Å². The Bertz CT molecular complexity index is 410. The number of nitrogens with zero attached hydrogens (tertiary/aromatic N) is 1. The summed E-state index contributed by atoms with van der Waals surface area (Å²) in [5.41, 5.74) is 1.01. The topological polar surface area (TPSA) is 64.4 Å². The molecule has 5 nitrogen and oxygen atoms in total. The zero-order valence-corrected chi connectivity index (χ0v) is 12.6. The van der Waals surface area contributed by atoms with Crippen molar-refractivity contribution in [2.24, 2.45) is 5.92 Å². The average molecular weight is 364 g/mol. The lowest BCUT2D eigenvalue weighted by Gasteiger charge is -2.10. The second-order valence-electron chi connectivity index (χ2n) is 4.32. The minimum absolute atomic E-state index is 0.112. The molecule has 0 aliphatic heterocycles. The summed E-state index contributed by atoms with van der Waals surface area (Å²) >= 11 is 2.08. The molecule has 6 heteroatoms. The molecule has 0 aliphatic rings. The van der Waals surface area contributed by atoms with Gasteiger partial charge in [-0.25, -0.2) is 0 Å². The van der Waals surface area contributed by atoms with Gasteiger partial charge in [-0.3, -0.25) is 10.1 Å². The minimum atomic E-state index is -0.391. The van der Waals surface area contributed by atoms with Gasteiger partial charge in [-0.05, 0) is 34.6 Å². The van der Waals surface area contributed by atoms with Crippen LogP contribution in [0.15, 0.2) is 18.2 Å². The molecule has 100 valence electrons. The lowest BCUT2D eigenvalue weighted by atomic mass is 10.2. The molecule has 0 bridgehead atoms. The molecule has 0 heterocycles. The number of hydrogen-bond acceptors (Lipinski definition) is 4. The Balaban J connectivity index is 2.41. The van der Waals surface area contributed by atoms with Crippen LogP contribution in [0, 0.1) is 19.6 Å². The molecule has 0 atom stereocenters. The number of rotatable bonds is 7. The molecule has 0 saturated carbocycles. The third-order valence-corrected chi connectivity index (χ3v) is 3.07. The molecule has 0 saturated heterocycles. The normalized spacial score (nSPS) is 10.7. The first-order valence-electron chi connectivity index (χ1n) is 5.76. The molecule has 1 rings (SSSR count). The van der Waals surface area contributed by atoms with Gasteiger partial charge in [0.25, 0.3) is 5.69 Å². The molecular formula is C12H17IN2O3. The fraction of sp³-hybridized carbons (Fsp3) is 0.500. The number of halogens is 1. The largest absolute Gasteiger partial charge is 0.382 e. The molecule has 0 fully saturated rings. The smallest absolute Gasteiger partial charge is 0.270 e. The third kappa shape index (κ3) is 5.18. The van der Waals surface area contributed by atoms with Crippen LogP contribution in [0.5, 0.6) is 0 Å². The van der Waals surface area contributed by atoms with Crippen molar-refractivity contribution in [2.45, 2.75) is 13.8 Å². The van der Waals surface area contributed by atoms with Gasteiger partial charge in [0.05, 0.1) is 11.5 Å². The van der Waals surface area contributed by atoms with Crippen LogP contribution in [-0.4, -0.2) is 24.7 Å². The van der Waals surface area contributed by atoms with E-state index in [1.807, 2.05) is 0 Å². The lowest BCUT2D eigenvalue weighted by Crippen LogP contribution is -2.12. The molecule has 0 aromatic heterocycles. The van der Waals surface area contributed by atoms with E-state index in [9.17, 15) is 10.1 Å². The van der Waals surface area contributed by atoms with Crippen LogP contribution in [0.2, 0.25) is 0 Å². The summed E-state index contributed by atoms with van der Waals surface area (Å²) in [4.78, 5) is 10.2. The van der Waals surface area contributed by atoms with Gasteiger partial charge >= 0.3 is 0 Å². The number of nitrogens with one attached hydrogen (secondary N) is 1. The summed E-state index contributed by atoms with van der Waals surface area (Å²) in [5, 5.41) is 13.8. The molecule has 18 heavy (non-hydrogen) atoms. The van der Waals surface area contributed by atoms with Gasteiger partial charge in [0.1, 0.15) is 0 Å². The zero-order chi connectivity index (χ0) is 13.5. The highest BCUT2D eigenvalue weighted by Gasteiger charge is 2.08. The van der Waals surface area contributed by atoms with E-state index in [0.29, 0.717) is 19.1 Å². The monoisotopic (exact) mass is 364 g/mol. The number of non-ortho nitro benzene ring substituents is 1. The van der Waals surface area contributed by atoms with Crippen LogP contribution in [0.1, 0.15) is 13.8 Å². The van der Waals surface area contributed by atoms with Gasteiger partial charge in [0.15, 0.2) is 0 Å². The van der Waals surface area contributed by atoms with Gasteiger partial charge in [0.2, 0.25) is 0 Å². The van der Waals surface area contributed by atoms with Crippen LogP contribution < -0.4 is 5.32 Å². The molecule has 1 aromatic rings. The lowest BCUT2D eigenvalue weighted by molar-refractivity contribution is -0.384. The number of ether oxygens (including phenoxy) is 1. The SMILES string of the molecule is CC(C)COCCNc1ccc([N+](=O)[O-])cc1I. The van der Waals surface area contributed by atoms with Crippen molar-refractivity contribution in [2.75, 3.05) is 25.1 Å². The molecule has 1 aromatic carbocycles. The summed E-state index contributed by atoms with van der Waals surface area (Å²) < 4.78 is 6.28. The summed E-state index contributed by atoms with van der Waals surface area (Å²) in [6.07, 6.45) is 0. The van der Waals surface area contributed by atoms with Crippen molar-refractivity contribution in [3.8, 4) is 0 Å². The predicted molar refractivity (Wildman–Crippen MR) is 80.0 cm³/mol. The Labute approximate surface area is 120 Å². The maximum absolute atomic E-state index is 10.6. The van der Waals surface area contributed by atoms with Gasteiger partial charge < -0.3 is 10.1 Å². The van der Waals surface area contributed by atoms with Gasteiger partial charge in [-0.15, -0.1) is 0 Å². The van der Waals surface area contributed by atoms with Crippen molar-refractivity contribution in [1.29, 1.82) is 0 Å². The van der Waals surface area contributed by atoms with E-state index in [-0.39, 0.29) is 5.69 Å². The maximum Gasteiger partial charge on any atom is 0.270 e. The quantitative estimate of drug-likeness (QED) is 0.349.